The van der Waals surface area contributed by atoms with Crippen molar-refractivity contribution in [1.29, 1.82) is 0 Å². The molecular formula is C17H20FN3O2. The third-order valence-corrected chi connectivity index (χ3v) is 3.90. The minimum Gasteiger partial charge on any atom is -0.487 e. The van der Waals surface area contributed by atoms with E-state index in [1.807, 2.05) is 26.1 Å². The van der Waals surface area contributed by atoms with Gasteiger partial charge in [0.05, 0.1) is 6.04 Å². The lowest BCUT2D eigenvalue weighted by molar-refractivity contribution is -0.122. The van der Waals surface area contributed by atoms with Crippen LogP contribution in [0.5, 0.6) is 5.75 Å². The van der Waals surface area contributed by atoms with Gasteiger partial charge in [-0.05, 0) is 26.0 Å². The summed E-state index contributed by atoms with van der Waals surface area (Å²) in [4.78, 5) is 12.2. The Kier molecular flexibility index (Phi) is 4.07. The molecule has 1 aromatic carbocycles. The molecule has 0 fully saturated rings. The number of hydrogen-bond acceptors (Lipinski definition) is 3. The van der Waals surface area contributed by atoms with Crippen molar-refractivity contribution >= 4 is 5.91 Å². The second kappa shape index (κ2) is 6.02. The van der Waals surface area contributed by atoms with Crippen LogP contribution in [0.4, 0.5) is 4.39 Å². The molecule has 122 valence electrons. The van der Waals surface area contributed by atoms with E-state index in [1.54, 1.807) is 16.9 Å². The summed E-state index contributed by atoms with van der Waals surface area (Å²) in [6, 6.07) is 6.09. The molecule has 0 aliphatic carbocycles. The fourth-order valence-corrected chi connectivity index (χ4v) is 2.87. The Hall–Kier alpha value is -2.37. The van der Waals surface area contributed by atoms with E-state index in [2.05, 4.69) is 10.4 Å². The van der Waals surface area contributed by atoms with Gasteiger partial charge in [-0.2, -0.15) is 5.10 Å². The van der Waals surface area contributed by atoms with Crippen LogP contribution in [0.2, 0.25) is 0 Å². The van der Waals surface area contributed by atoms with E-state index < -0.39 is 5.60 Å². The first-order chi connectivity index (χ1) is 10.9. The maximum atomic E-state index is 13.4. The molecule has 0 radical (unpaired) electrons. The van der Waals surface area contributed by atoms with Crippen molar-refractivity contribution in [3.63, 3.8) is 0 Å². The Bertz CT molecular complexity index is 698. The Morgan fingerprint density at radius 3 is 3.09 bits per heavy atom. The quantitative estimate of drug-likeness (QED) is 0.943. The number of hydrogen-bond donors (Lipinski definition) is 1. The third-order valence-electron chi connectivity index (χ3n) is 3.90. The summed E-state index contributed by atoms with van der Waals surface area (Å²) in [5.41, 5.74) is 0.360. The number of benzene rings is 1. The molecule has 2 heterocycles. The van der Waals surface area contributed by atoms with E-state index in [9.17, 15) is 9.18 Å². The molecule has 1 aliphatic heterocycles. The summed E-state index contributed by atoms with van der Waals surface area (Å²) in [7, 11) is 0. The van der Waals surface area contributed by atoms with Crippen molar-refractivity contribution in [3.05, 3.63) is 48.0 Å². The van der Waals surface area contributed by atoms with Crippen LogP contribution in [0.25, 0.3) is 0 Å². The van der Waals surface area contributed by atoms with Gasteiger partial charge in [-0.1, -0.05) is 6.07 Å². The third kappa shape index (κ3) is 3.70. The number of nitrogens with zero attached hydrogens (tertiary/aromatic N) is 2. The number of ether oxygens (including phenoxy) is 1. The van der Waals surface area contributed by atoms with Gasteiger partial charge in [-0.15, -0.1) is 0 Å². The second-order valence-electron chi connectivity index (χ2n) is 6.39. The second-order valence-corrected chi connectivity index (χ2v) is 6.39. The highest BCUT2D eigenvalue weighted by molar-refractivity contribution is 5.76. The van der Waals surface area contributed by atoms with Gasteiger partial charge >= 0.3 is 0 Å². The number of carbonyl (C=O) groups excluding carboxylic acids is 1. The number of halogens is 1. The maximum absolute atomic E-state index is 13.4. The Morgan fingerprint density at radius 2 is 2.35 bits per heavy atom. The molecule has 0 saturated carbocycles. The average molecular weight is 317 g/mol. The molecule has 1 amide bonds. The largest absolute Gasteiger partial charge is 0.487 e. The number of carbonyl (C=O) groups is 1. The summed E-state index contributed by atoms with van der Waals surface area (Å²) < 4.78 is 21.0. The van der Waals surface area contributed by atoms with Crippen molar-refractivity contribution in [2.75, 3.05) is 0 Å². The summed E-state index contributed by atoms with van der Waals surface area (Å²) in [5, 5.41) is 7.11. The summed E-state index contributed by atoms with van der Waals surface area (Å²) in [6.07, 6.45) is 4.49. The minimum absolute atomic E-state index is 0.0570. The first-order valence-corrected chi connectivity index (χ1v) is 7.68. The SMILES string of the molecule is CC1(C)CC(NC(=O)CCn2cccn2)c2ccc(F)cc2O1. The zero-order chi connectivity index (χ0) is 16.4. The van der Waals surface area contributed by atoms with Crippen molar-refractivity contribution in [3.8, 4) is 5.75 Å². The van der Waals surface area contributed by atoms with E-state index in [0.29, 0.717) is 25.1 Å². The van der Waals surface area contributed by atoms with Gasteiger partial charge in [0, 0.05) is 43.4 Å². The topological polar surface area (TPSA) is 56.2 Å². The molecule has 1 atom stereocenters. The first kappa shape index (κ1) is 15.5. The average Bonchev–Trinajstić information content (AvgIpc) is 2.96. The molecule has 3 rings (SSSR count). The van der Waals surface area contributed by atoms with Gasteiger partial charge in [0.1, 0.15) is 17.2 Å². The number of fused-ring (bicyclic) bond motifs is 1. The molecule has 1 N–H and O–H groups in total. The van der Waals surface area contributed by atoms with Crippen LogP contribution in [-0.2, 0) is 11.3 Å². The predicted octanol–water partition coefficient (Wildman–Crippen LogP) is 2.83. The number of aryl methyl sites for hydroxylation is 1. The highest BCUT2D eigenvalue weighted by Crippen LogP contribution is 2.39. The van der Waals surface area contributed by atoms with Gasteiger partial charge in [0.15, 0.2) is 0 Å². The molecule has 1 aromatic heterocycles. The zero-order valence-corrected chi connectivity index (χ0v) is 13.3. The highest BCUT2D eigenvalue weighted by atomic mass is 19.1. The number of rotatable bonds is 4. The lowest BCUT2D eigenvalue weighted by Gasteiger charge is -2.37. The summed E-state index contributed by atoms with van der Waals surface area (Å²) in [5.74, 6) is 0.0994. The van der Waals surface area contributed by atoms with Crippen LogP contribution in [0.3, 0.4) is 0 Å². The fourth-order valence-electron chi connectivity index (χ4n) is 2.87. The van der Waals surface area contributed by atoms with Crippen LogP contribution in [0.15, 0.2) is 36.7 Å². The normalized spacial score (nSPS) is 18.8. The van der Waals surface area contributed by atoms with Crippen LogP contribution in [0, 0.1) is 5.82 Å². The Morgan fingerprint density at radius 1 is 1.52 bits per heavy atom. The van der Waals surface area contributed by atoms with Gasteiger partial charge in [-0.3, -0.25) is 9.48 Å². The highest BCUT2D eigenvalue weighted by Gasteiger charge is 2.34. The van der Waals surface area contributed by atoms with Gasteiger partial charge < -0.3 is 10.1 Å². The first-order valence-electron chi connectivity index (χ1n) is 7.68. The molecule has 2 aromatic rings. The number of aromatic nitrogens is 2. The van der Waals surface area contributed by atoms with Crippen molar-refractivity contribution < 1.29 is 13.9 Å². The molecule has 1 aliphatic rings. The van der Waals surface area contributed by atoms with Gasteiger partial charge in [0.2, 0.25) is 5.91 Å². The molecule has 1 unspecified atom stereocenters. The number of nitrogens with one attached hydrogen (secondary N) is 1. The zero-order valence-electron chi connectivity index (χ0n) is 13.3. The van der Waals surface area contributed by atoms with Crippen LogP contribution >= 0.6 is 0 Å². The van der Waals surface area contributed by atoms with Gasteiger partial charge in [-0.25, -0.2) is 4.39 Å². The van der Waals surface area contributed by atoms with E-state index in [4.69, 9.17) is 4.74 Å². The van der Waals surface area contributed by atoms with E-state index in [-0.39, 0.29) is 17.8 Å². The minimum atomic E-state index is -0.458. The molecular weight excluding hydrogens is 297 g/mol. The Labute approximate surface area is 134 Å². The van der Waals surface area contributed by atoms with Crippen molar-refractivity contribution in [1.82, 2.24) is 15.1 Å². The van der Waals surface area contributed by atoms with Crippen molar-refractivity contribution in [2.45, 2.75) is 44.9 Å². The van der Waals surface area contributed by atoms with E-state index in [0.717, 1.165) is 5.56 Å². The smallest absolute Gasteiger partial charge is 0.222 e. The molecule has 0 saturated heterocycles. The number of amides is 1. The maximum Gasteiger partial charge on any atom is 0.222 e. The van der Waals surface area contributed by atoms with Crippen LogP contribution in [0.1, 0.15) is 38.3 Å². The lowest BCUT2D eigenvalue weighted by Crippen LogP contribution is -2.41. The molecule has 0 bridgehead atoms. The fraction of sp³-hybridized carbons (Fsp3) is 0.412. The van der Waals surface area contributed by atoms with E-state index in [1.165, 1.54) is 12.1 Å². The molecule has 23 heavy (non-hydrogen) atoms. The molecule has 0 spiro atoms. The van der Waals surface area contributed by atoms with Crippen molar-refractivity contribution in [2.24, 2.45) is 0 Å². The van der Waals surface area contributed by atoms with Crippen LogP contribution in [-0.4, -0.2) is 21.3 Å². The predicted molar refractivity (Wildman–Crippen MR) is 83.5 cm³/mol. The molecule has 5 nitrogen and oxygen atoms in total. The summed E-state index contributed by atoms with van der Waals surface area (Å²) in [6.45, 7) is 4.40. The monoisotopic (exact) mass is 317 g/mol. The van der Waals surface area contributed by atoms with E-state index >= 15 is 0 Å². The lowest BCUT2D eigenvalue weighted by atomic mass is 9.89. The molecule has 6 heteroatoms. The Balaban J connectivity index is 1.70. The summed E-state index contributed by atoms with van der Waals surface area (Å²) >= 11 is 0. The standard InChI is InChI=1S/C17H20FN3O2/c1-17(2)11-14(13-5-4-12(18)10-15(13)23-17)20-16(22)6-9-21-8-3-7-19-21/h3-5,7-8,10,14H,6,9,11H2,1-2H3,(H,20,22). The van der Waals surface area contributed by atoms with Gasteiger partial charge in [0.25, 0.3) is 0 Å². The van der Waals surface area contributed by atoms with Crippen LogP contribution < -0.4 is 10.1 Å².